The lowest BCUT2D eigenvalue weighted by atomic mass is 9.96. The first-order chi connectivity index (χ1) is 13.6. The Morgan fingerprint density at radius 2 is 2.04 bits per heavy atom. The molecule has 9 nitrogen and oxygen atoms in total. The number of rotatable bonds is 5. The number of nitrogens with zero attached hydrogens (tertiary/aromatic N) is 6. The molecule has 4 rings (SSSR count). The Morgan fingerprint density at radius 1 is 1.21 bits per heavy atom. The zero-order valence-electron chi connectivity index (χ0n) is 16.0. The number of hydrogen-bond acceptors (Lipinski definition) is 8. The summed E-state index contributed by atoms with van der Waals surface area (Å²) in [5.74, 6) is 1.73. The van der Waals surface area contributed by atoms with E-state index in [9.17, 15) is 4.79 Å². The van der Waals surface area contributed by atoms with E-state index < -0.39 is 0 Å². The van der Waals surface area contributed by atoms with Gasteiger partial charge in [-0.3, -0.25) is 9.78 Å². The van der Waals surface area contributed by atoms with Gasteiger partial charge in [0.2, 0.25) is 5.89 Å². The predicted molar refractivity (Wildman–Crippen MR) is 98.4 cm³/mol. The molecule has 0 saturated carbocycles. The van der Waals surface area contributed by atoms with E-state index in [1.807, 2.05) is 6.92 Å². The fourth-order valence-electron chi connectivity index (χ4n) is 3.28. The topological polar surface area (TPSA) is 111 Å². The molecule has 3 aromatic heterocycles. The second kappa shape index (κ2) is 7.87. The molecule has 146 valence electrons. The van der Waals surface area contributed by atoms with Crippen molar-refractivity contribution in [3.05, 3.63) is 41.5 Å². The summed E-state index contributed by atoms with van der Waals surface area (Å²) in [7, 11) is 0. The van der Waals surface area contributed by atoms with Crippen LogP contribution in [0.1, 0.15) is 59.9 Å². The number of piperidine rings is 1. The second-order valence-electron chi connectivity index (χ2n) is 6.98. The normalized spacial score (nSPS) is 15.1. The van der Waals surface area contributed by atoms with E-state index in [1.165, 1.54) is 0 Å². The number of carbonyl (C=O) groups is 1. The van der Waals surface area contributed by atoms with Crippen molar-refractivity contribution in [3.63, 3.8) is 0 Å². The van der Waals surface area contributed by atoms with Crippen molar-refractivity contribution in [2.45, 2.75) is 45.4 Å². The van der Waals surface area contributed by atoms with Gasteiger partial charge in [0.05, 0.1) is 11.9 Å². The lowest BCUT2D eigenvalue weighted by Crippen LogP contribution is -2.38. The quantitative estimate of drug-likeness (QED) is 0.662. The Bertz CT molecular complexity index is 941. The maximum absolute atomic E-state index is 12.6. The minimum Gasteiger partial charge on any atom is -0.419 e. The van der Waals surface area contributed by atoms with E-state index in [1.54, 1.807) is 23.4 Å². The monoisotopic (exact) mass is 382 g/mol. The molecule has 0 atom stereocenters. The van der Waals surface area contributed by atoms with E-state index in [4.69, 9.17) is 8.94 Å². The van der Waals surface area contributed by atoms with Gasteiger partial charge in [0.25, 0.3) is 11.8 Å². The third kappa shape index (κ3) is 3.78. The molecule has 0 spiro atoms. The Labute approximate surface area is 162 Å². The van der Waals surface area contributed by atoms with Gasteiger partial charge in [-0.1, -0.05) is 12.1 Å². The molecule has 0 aliphatic carbocycles. The Kier molecular flexibility index (Phi) is 5.14. The second-order valence-corrected chi connectivity index (χ2v) is 6.98. The average Bonchev–Trinajstić information content (AvgIpc) is 3.39. The van der Waals surface area contributed by atoms with Crippen molar-refractivity contribution in [2.75, 3.05) is 13.1 Å². The number of amides is 1. The van der Waals surface area contributed by atoms with Crippen molar-refractivity contribution in [1.29, 1.82) is 0 Å². The molecule has 3 aromatic rings. The van der Waals surface area contributed by atoms with Gasteiger partial charge in [-0.2, -0.15) is 0 Å². The third-order valence-electron chi connectivity index (χ3n) is 4.85. The van der Waals surface area contributed by atoms with Gasteiger partial charge in [0, 0.05) is 37.7 Å². The summed E-state index contributed by atoms with van der Waals surface area (Å²) in [5, 5.41) is 12.2. The van der Waals surface area contributed by atoms with Crippen molar-refractivity contribution < 1.29 is 13.7 Å². The van der Waals surface area contributed by atoms with Gasteiger partial charge in [-0.15, -0.1) is 10.2 Å². The van der Waals surface area contributed by atoms with Gasteiger partial charge >= 0.3 is 0 Å². The van der Waals surface area contributed by atoms with Gasteiger partial charge in [0.15, 0.2) is 5.69 Å². The molecular weight excluding hydrogens is 360 g/mol. The van der Waals surface area contributed by atoms with E-state index in [2.05, 4.69) is 32.2 Å². The molecule has 4 heterocycles. The summed E-state index contributed by atoms with van der Waals surface area (Å²) >= 11 is 0. The van der Waals surface area contributed by atoms with Gasteiger partial charge in [-0.05, 0) is 26.2 Å². The SMILES string of the molecule is CCCc1cc(C(=O)N2CCC(c3nnc(-c4cnc(C)cn4)o3)CC2)no1. The first kappa shape index (κ1) is 18.3. The molecule has 0 N–H and O–H groups in total. The number of hydrogen-bond donors (Lipinski definition) is 0. The summed E-state index contributed by atoms with van der Waals surface area (Å²) in [6, 6.07) is 1.74. The number of aryl methyl sites for hydroxylation is 2. The highest BCUT2D eigenvalue weighted by atomic mass is 16.5. The molecule has 1 aliphatic rings. The average molecular weight is 382 g/mol. The Morgan fingerprint density at radius 3 is 2.75 bits per heavy atom. The highest BCUT2D eigenvalue weighted by Gasteiger charge is 2.29. The molecule has 0 bridgehead atoms. The van der Waals surface area contributed by atoms with Crippen molar-refractivity contribution in [3.8, 4) is 11.6 Å². The van der Waals surface area contributed by atoms with Crippen LogP contribution in [0.4, 0.5) is 0 Å². The third-order valence-corrected chi connectivity index (χ3v) is 4.85. The summed E-state index contributed by atoms with van der Waals surface area (Å²) < 4.78 is 11.0. The van der Waals surface area contributed by atoms with E-state index >= 15 is 0 Å². The van der Waals surface area contributed by atoms with Crippen molar-refractivity contribution in [2.24, 2.45) is 0 Å². The van der Waals surface area contributed by atoms with Crippen LogP contribution in [0, 0.1) is 6.92 Å². The fourth-order valence-corrected chi connectivity index (χ4v) is 3.28. The van der Waals surface area contributed by atoms with Crippen LogP contribution >= 0.6 is 0 Å². The highest BCUT2D eigenvalue weighted by Crippen LogP contribution is 2.29. The van der Waals surface area contributed by atoms with Gasteiger partial charge in [0.1, 0.15) is 11.5 Å². The minimum absolute atomic E-state index is 0.0919. The molecule has 28 heavy (non-hydrogen) atoms. The van der Waals surface area contributed by atoms with Crippen LogP contribution in [0.25, 0.3) is 11.6 Å². The maximum Gasteiger partial charge on any atom is 0.276 e. The smallest absolute Gasteiger partial charge is 0.276 e. The van der Waals surface area contributed by atoms with Crippen LogP contribution in [0.2, 0.25) is 0 Å². The van der Waals surface area contributed by atoms with E-state index in [0.29, 0.717) is 36.3 Å². The lowest BCUT2D eigenvalue weighted by molar-refractivity contribution is 0.0696. The van der Waals surface area contributed by atoms with Crippen LogP contribution in [0.3, 0.4) is 0 Å². The summed E-state index contributed by atoms with van der Waals surface area (Å²) in [4.78, 5) is 22.9. The maximum atomic E-state index is 12.6. The molecule has 0 aromatic carbocycles. The number of likely N-dealkylation sites (tertiary alicyclic amines) is 1. The fraction of sp³-hybridized carbons (Fsp3) is 0.474. The lowest BCUT2D eigenvalue weighted by Gasteiger charge is -2.29. The highest BCUT2D eigenvalue weighted by molar-refractivity contribution is 5.92. The Hall–Kier alpha value is -3.10. The van der Waals surface area contributed by atoms with Crippen LogP contribution in [-0.4, -0.2) is 49.2 Å². The molecule has 1 amide bonds. The summed E-state index contributed by atoms with van der Waals surface area (Å²) in [5.41, 5.74) is 1.76. The number of carbonyl (C=O) groups excluding carboxylic acids is 1. The molecule has 1 saturated heterocycles. The molecule has 1 aliphatic heterocycles. The van der Waals surface area contributed by atoms with Crippen LogP contribution < -0.4 is 0 Å². The van der Waals surface area contributed by atoms with E-state index in [0.717, 1.165) is 37.1 Å². The Balaban J connectivity index is 1.37. The summed E-state index contributed by atoms with van der Waals surface area (Å²) in [6.45, 7) is 5.15. The summed E-state index contributed by atoms with van der Waals surface area (Å²) in [6.07, 6.45) is 6.54. The van der Waals surface area contributed by atoms with Crippen molar-refractivity contribution >= 4 is 5.91 Å². The molecule has 1 fully saturated rings. The van der Waals surface area contributed by atoms with Crippen LogP contribution in [-0.2, 0) is 6.42 Å². The predicted octanol–water partition coefficient (Wildman–Crippen LogP) is 2.80. The first-order valence-corrected chi connectivity index (χ1v) is 9.51. The number of aromatic nitrogens is 5. The molecule has 9 heteroatoms. The zero-order valence-corrected chi connectivity index (χ0v) is 16.0. The van der Waals surface area contributed by atoms with Crippen molar-refractivity contribution in [1.82, 2.24) is 30.2 Å². The zero-order chi connectivity index (χ0) is 19.5. The van der Waals surface area contributed by atoms with E-state index in [-0.39, 0.29) is 11.8 Å². The van der Waals surface area contributed by atoms with Crippen LogP contribution in [0.15, 0.2) is 27.4 Å². The molecule has 0 radical (unpaired) electrons. The standard InChI is InChI=1S/C19H22N6O3/c1-3-4-14-9-15(24-28-14)19(26)25-7-5-13(6-8-25)17-22-23-18(27-17)16-11-20-12(2)10-21-16/h9-11,13H,3-8H2,1-2H3. The minimum atomic E-state index is -0.0919. The van der Waals surface area contributed by atoms with Crippen LogP contribution in [0.5, 0.6) is 0 Å². The molecule has 0 unspecified atom stereocenters. The first-order valence-electron chi connectivity index (χ1n) is 9.51. The van der Waals surface area contributed by atoms with Gasteiger partial charge in [-0.25, -0.2) is 4.98 Å². The largest absolute Gasteiger partial charge is 0.419 e. The van der Waals surface area contributed by atoms with Gasteiger partial charge < -0.3 is 13.8 Å². The molecular formula is C19H22N6O3.